The van der Waals surface area contributed by atoms with E-state index in [1.807, 2.05) is 0 Å². The average Bonchev–Trinajstić information content (AvgIpc) is 3.33. The number of anilines is 2. The van der Waals surface area contributed by atoms with E-state index >= 15 is 0 Å². The number of benzene rings is 1. The Kier molecular flexibility index (Phi) is 4.28. The SMILES string of the molecule is O=c1[nH]c(O)c(C=c2cnn3c(=NC4CC4)cc(Nc4ccc(F)cc4Cl)nc23)[nH]1. The minimum absolute atomic E-state index is 0.206. The van der Waals surface area contributed by atoms with Crippen molar-refractivity contribution in [3.05, 3.63) is 68.2 Å². The molecule has 0 spiro atoms. The third-order valence-corrected chi connectivity index (χ3v) is 4.88. The summed E-state index contributed by atoms with van der Waals surface area (Å²) in [5.41, 5.74) is 1.22. The Morgan fingerprint density at radius 2 is 2.17 bits per heavy atom. The van der Waals surface area contributed by atoms with Gasteiger partial charge in [-0.3, -0.25) is 9.98 Å². The van der Waals surface area contributed by atoms with Crippen LogP contribution in [0.15, 0.2) is 40.2 Å². The molecule has 152 valence electrons. The van der Waals surface area contributed by atoms with Crippen molar-refractivity contribution in [3.8, 4) is 5.88 Å². The van der Waals surface area contributed by atoms with Crippen LogP contribution in [0, 0.1) is 5.82 Å². The zero-order valence-electron chi connectivity index (χ0n) is 15.4. The second-order valence-electron chi connectivity index (χ2n) is 6.93. The smallest absolute Gasteiger partial charge is 0.326 e. The quantitative estimate of drug-likeness (QED) is 0.394. The Bertz CT molecular complexity index is 1450. The first-order valence-electron chi connectivity index (χ1n) is 9.14. The van der Waals surface area contributed by atoms with Gasteiger partial charge in [-0.25, -0.2) is 14.2 Å². The Hall–Kier alpha value is -3.66. The maximum Gasteiger partial charge on any atom is 0.326 e. The summed E-state index contributed by atoms with van der Waals surface area (Å²) in [6, 6.07) is 6.00. The van der Waals surface area contributed by atoms with E-state index in [2.05, 4.69) is 30.4 Å². The van der Waals surface area contributed by atoms with E-state index in [9.17, 15) is 14.3 Å². The largest absolute Gasteiger partial charge is 0.493 e. The monoisotopic (exact) mass is 427 g/mol. The van der Waals surface area contributed by atoms with Gasteiger partial charge in [0.2, 0.25) is 5.88 Å². The number of aromatic hydroxyl groups is 1. The predicted octanol–water partition coefficient (Wildman–Crippen LogP) is 1.60. The number of H-pyrrole nitrogens is 2. The molecule has 3 heterocycles. The summed E-state index contributed by atoms with van der Waals surface area (Å²) in [7, 11) is 0. The van der Waals surface area contributed by atoms with Gasteiger partial charge in [-0.05, 0) is 37.1 Å². The molecular formula is C19H15ClFN7O2. The van der Waals surface area contributed by atoms with Crippen LogP contribution in [0.4, 0.5) is 15.9 Å². The van der Waals surface area contributed by atoms with Crippen molar-refractivity contribution in [1.82, 2.24) is 24.6 Å². The van der Waals surface area contributed by atoms with Crippen molar-refractivity contribution < 1.29 is 9.50 Å². The normalized spacial score (nSPS) is 15.3. The van der Waals surface area contributed by atoms with Gasteiger partial charge in [0, 0.05) is 11.3 Å². The fraction of sp³-hybridized carbons (Fsp3) is 0.158. The van der Waals surface area contributed by atoms with Crippen molar-refractivity contribution in [3.63, 3.8) is 0 Å². The van der Waals surface area contributed by atoms with E-state index in [1.54, 1.807) is 22.9 Å². The summed E-state index contributed by atoms with van der Waals surface area (Å²) >= 11 is 6.13. The number of imidazole rings is 1. The first kappa shape index (κ1) is 18.4. The molecule has 1 fully saturated rings. The number of aromatic nitrogens is 5. The lowest BCUT2D eigenvalue weighted by molar-refractivity contribution is 0.454. The highest BCUT2D eigenvalue weighted by Crippen LogP contribution is 2.25. The number of halogens is 2. The fourth-order valence-corrected chi connectivity index (χ4v) is 3.20. The lowest BCUT2D eigenvalue weighted by atomic mass is 10.3. The number of rotatable bonds is 4. The molecule has 0 bridgehead atoms. The van der Waals surface area contributed by atoms with Crippen LogP contribution >= 0.6 is 11.6 Å². The summed E-state index contributed by atoms with van der Waals surface area (Å²) in [6.45, 7) is 0. The zero-order valence-corrected chi connectivity index (χ0v) is 16.1. The number of nitrogens with zero attached hydrogens (tertiary/aromatic N) is 4. The molecular weight excluding hydrogens is 413 g/mol. The van der Waals surface area contributed by atoms with Gasteiger partial charge in [-0.1, -0.05) is 11.6 Å². The van der Waals surface area contributed by atoms with E-state index in [0.717, 1.165) is 12.8 Å². The molecule has 4 N–H and O–H groups in total. The van der Waals surface area contributed by atoms with E-state index < -0.39 is 11.5 Å². The van der Waals surface area contributed by atoms with Gasteiger partial charge in [-0.2, -0.15) is 9.61 Å². The Morgan fingerprint density at radius 3 is 2.87 bits per heavy atom. The van der Waals surface area contributed by atoms with Gasteiger partial charge in [0.1, 0.15) is 17.3 Å². The lowest BCUT2D eigenvalue weighted by Crippen LogP contribution is -2.19. The summed E-state index contributed by atoms with van der Waals surface area (Å²) in [6.07, 6.45) is 5.13. The molecule has 0 amide bonds. The molecule has 1 aliphatic rings. The third kappa shape index (κ3) is 3.52. The molecule has 0 unspecified atom stereocenters. The molecule has 0 aliphatic heterocycles. The standard InChI is InChI=1S/C19H15ClFN7O2/c20-12-6-10(21)1-4-13(12)24-15-7-16(23-11-2-3-11)28-17(26-15)9(8-22-28)5-14-18(29)27-19(30)25-14/h1,4-8,11,24,29H,2-3H2,(H2,25,27,30). The molecule has 0 saturated heterocycles. The number of nitrogens with one attached hydrogen (secondary N) is 3. The molecule has 1 aliphatic carbocycles. The molecule has 0 atom stereocenters. The molecule has 4 aromatic rings. The molecule has 1 saturated carbocycles. The van der Waals surface area contributed by atoms with Crippen LogP contribution < -0.4 is 21.7 Å². The van der Waals surface area contributed by atoms with Crippen molar-refractivity contribution in [1.29, 1.82) is 0 Å². The summed E-state index contributed by atoms with van der Waals surface area (Å²) in [4.78, 5) is 25.4. The van der Waals surface area contributed by atoms with Crippen molar-refractivity contribution in [2.45, 2.75) is 18.9 Å². The predicted molar refractivity (Wildman–Crippen MR) is 108 cm³/mol. The second kappa shape index (κ2) is 6.99. The average molecular weight is 428 g/mol. The first-order valence-corrected chi connectivity index (χ1v) is 9.52. The van der Waals surface area contributed by atoms with Gasteiger partial charge >= 0.3 is 5.69 Å². The zero-order chi connectivity index (χ0) is 20.8. The van der Waals surface area contributed by atoms with Gasteiger partial charge in [0.05, 0.1) is 22.9 Å². The van der Waals surface area contributed by atoms with E-state index in [1.165, 1.54) is 18.2 Å². The van der Waals surface area contributed by atoms with Crippen molar-refractivity contribution in [2.24, 2.45) is 4.99 Å². The summed E-state index contributed by atoms with van der Waals surface area (Å²) in [5, 5.41) is 18.1. The van der Waals surface area contributed by atoms with Crippen molar-refractivity contribution in [2.75, 3.05) is 5.32 Å². The van der Waals surface area contributed by atoms with E-state index in [0.29, 0.717) is 27.9 Å². The maximum absolute atomic E-state index is 13.4. The van der Waals surface area contributed by atoms with Crippen LogP contribution in [0.5, 0.6) is 5.88 Å². The van der Waals surface area contributed by atoms with Gasteiger partial charge in [-0.15, -0.1) is 0 Å². The maximum atomic E-state index is 13.4. The minimum Gasteiger partial charge on any atom is -0.493 e. The summed E-state index contributed by atoms with van der Waals surface area (Å²) in [5.74, 6) is -0.279. The molecule has 1 aromatic carbocycles. The second-order valence-corrected chi connectivity index (χ2v) is 7.34. The highest BCUT2D eigenvalue weighted by molar-refractivity contribution is 6.33. The molecule has 5 rings (SSSR count). The highest BCUT2D eigenvalue weighted by atomic mass is 35.5. The minimum atomic E-state index is -0.527. The van der Waals surface area contributed by atoms with Crippen LogP contribution in [0.1, 0.15) is 18.5 Å². The highest BCUT2D eigenvalue weighted by Gasteiger charge is 2.20. The number of fused-ring (bicyclic) bond motifs is 1. The number of hydrogen-bond donors (Lipinski definition) is 4. The topological polar surface area (TPSA) is 123 Å². The Morgan fingerprint density at radius 1 is 1.33 bits per heavy atom. The van der Waals surface area contributed by atoms with Crippen LogP contribution in [-0.4, -0.2) is 35.7 Å². The number of aromatic amines is 2. The fourth-order valence-electron chi connectivity index (χ4n) is 2.99. The molecule has 11 heteroatoms. The van der Waals surface area contributed by atoms with Crippen LogP contribution in [0.2, 0.25) is 5.02 Å². The third-order valence-electron chi connectivity index (χ3n) is 4.57. The van der Waals surface area contributed by atoms with E-state index in [-0.39, 0.29) is 22.6 Å². The van der Waals surface area contributed by atoms with Crippen LogP contribution in [0.3, 0.4) is 0 Å². The van der Waals surface area contributed by atoms with E-state index in [4.69, 9.17) is 11.6 Å². The first-order chi connectivity index (χ1) is 14.5. The van der Waals surface area contributed by atoms with Gasteiger partial charge in [0.25, 0.3) is 0 Å². The van der Waals surface area contributed by atoms with Gasteiger partial charge < -0.3 is 15.4 Å². The van der Waals surface area contributed by atoms with Crippen molar-refractivity contribution >= 4 is 34.8 Å². The van der Waals surface area contributed by atoms with Crippen LogP contribution in [0.25, 0.3) is 11.7 Å². The summed E-state index contributed by atoms with van der Waals surface area (Å²) < 4.78 is 14.9. The number of hydrogen-bond acceptors (Lipinski definition) is 6. The molecule has 30 heavy (non-hydrogen) atoms. The molecule has 3 aromatic heterocycles. The van der Waals surface area contributed by atoms with Crippen LogP contribution in [-0.2, 0) is 0 Å². The van der Waals surface area contributed by atoms with Gasteiger partial charge in [0.15, 0.2) is 11.1 Å². The molecule has 9 nitrogen and oxygen atoms in total. The lowest BCUT2D eigenvalue weighted by Gasteiger charge is -2.08. The Balaban J connectivity index is 1.68. The molecule has 0 radical (unpaired) electrons. The Labute approximate surface area is 172 Å².